The van der Waals surface area contributed by atoms with Gasteiger partial charge in [0.1, 0.15) is 12.4 Å². The molecule has 1 saturated heterocycles. The van der Waals surface area contributed by atoms with Gasteiger partial charge in [0.05, 0.1) is 54.5 Å². The lowest BCUT2D eigenvalue weighted by Gasteiger charge is -2.35. The van der Waals surface area contributed by atoms with E-state index in [0.717, 1.165) is 35.5 Å². The Bertz CT molecular complexity index is 1870. The predicted octanol–water partition coefficient (Wildman–Crippen LogP) is 7.49. The van der Waals surface area contributed by atoms with Crippen molar-refractivity contribution in [2.45, 2.75) is 78.3 Å². The molecule has 2 aliphatic rings. The molecule has 4 aromatic rings. The number of aryl methyl sites for hydroxylation is 1. The molecular formula is C38H49N7O5S. The van der Waals surface area contributed by atoms with Crippen LogP contribution < -0.4 is 14.4 Å². The number of fused-ring (bicyclic) bond motifs is 4. The third kappa shape index (κ3) is 8.27. The molecule has 2 aromatic heterocycles. The highest BCUT2D eigenvalue weighted by atomic mass is 32.3. The number of morpholine rings is 1. The number of anilines is 2. The Morgan fingerprint density at radius 2 is 1.73 bits per heavy atom. The van der Waals surface area contributed by atoms with Crippen LogP contribution in [-0.4, -0.2) is 78.8 Å². The van der Waals surface area contributed by atoms with E-state index in [2.05, 4.69) is 65.3 Å². The van der Waals surface area contributed by atoms with E-state index in [1.807, 2.05) is 26.0 Å². The lowest BCUT2D eigenvalue weighted by atomic mass is 9.87. The van der Waals surface area contributed by atoms with Gasteiger partial charge >= 0.3 is 0 Å². The van der Waals surface area contributed by atoms with Crippen molar-refractivity contribution in [3.8, 4) is 17.1 Å². The minimum Gasteiger partial charge on any atom is -0.475 e. The Morgan fingerprint density at radius 3 is 2.41 bits per heavy atom. The molecule has 0 radical (unpaired) electrons. The van der Waals surface area contributed by atoms with Gasteiger partial charge in [0, 0.05) is 29.8 Å². The summed E-state index contributed by atoms with van der Waals surface area (Å²) < 4.78 is 37.9. The summed E-state index contributed by atoms with van der Waals surface area (Å²) in [6.45, 7) is 17.6. The van der Waals surface area contributed by atoms with Crippen molar-refractivity contribution in [3.05, 3.63) is 82.9 Å². The Hall–Kier alpha value is -4.30. The van der Waals surface area contributed by atoms with Gasteiger partial charge in [-0.05, 0) is 60.9 Å². The summed E-state index contributed by atoms with van der Waals surface area (Å²) in [6, 6.07) is 12.1. The van der Waals surface area contributed by atoms with E-state index in [4.69, 9.17) is 14.5 Å². The molecule has 51 heavy (non-hydrogen) atoms. The van der Waals surface area contributed by atoms with Crippen LogP contribution in [0, 0.1) is 19.3 Å². The Morgan fingerprint density at radius 1 is 1.02 bits per heavy atom. The molecule has 4 bridgehead atoms. The summed E-state index contributed by atoms with van der Waals surface area (Å²) in [5.74, 6) is 0.681. The third-order valence-corrected chi connectivity index (χ3v) is 10.6. The highest BCUT2D eigenvalue weighted by Crippen LogP contribution is 2.48. The van der Waals surface area contributed by atoms with Crippen LogP contribution in [0.25, 0.3) is 11.3 Å². The SMILES string of the molecule is Cc1cccc(C(C)C)c1-c1nc2nc(c1C)OC[C@@H](CC(C)(C)C)N(Cc1ncc(N3CCOCC3)cn1)C(=O)c1cccc(c1)S(O)(O)N2. The zero-order chi connectivity index (χ0) is 36.5. The van der Waals surface area contributed by atoms with Crippen molar-refractivity contribution in [2.24, 2.45) is 5.41 Å². The van der Waals surface area contributed by atoms with Gasteiger partial charge in [-0.2, -0.15) is 4.98 Å². The number of aromatic nitrogens is 4. The largest absolute Gasteiger partial charge is 0.475 e. The van der Waals surface area contributed by atoms with Gasteiger partial charge < -0.3 is 19.3 Å². The van der Waals surface area contributed by atoms with E-state index < -0.39 is 16.8 Å². The second kappa shape index (κ2) is 14.7. The molecular weight excluding hydrogens is 667 g/mol. The van der Waals surface area contributed by atoms with Crippen molar-refractivity contribution in [1.82, 2.24) is 24.8 Å². The maximum atomic E-state index is 14.6. The fraction of sp³-hybridized carbons (Fsp3) is 0.447. The quantitative estimate of drug-likeness (QED) is 0.183. The summed E-state index contributed by atoms with van der Waals surface area (Å²) in [5, 5.41) is 0. The molecule has 0 spiro atoms. The van der Waals surface area contributed by atoms with Crippen LogP contribution in [-0.2, 0) is 11.3 Å². The molecule has 12 nitrogen and oxygen atoms in total. The van der Waals surface area contributed by atoms with E-state index >= 15 is 0 Å². The van der Waals surface area contributed by atoms with E-state index in [1.165, 1.54) is 6.07 Å². The smallest absolute Gasteiger partial charge is 0.254 e. The van der Waals surface area contributed by atoms with Gasteiger partial charge in [-0.25, -0.2) is 19.7 Å². The number of benzene rings is 2. The lowest BCUT2D eigenvalue weighted by Crippen LogP contribution is -2.45. The van der Waals surface area contributed by atoms with Crippen LogP contribution >= 0.6 is 10.8 Å². The number of carbonyl (C=O) groups is 1. The molecule has 0 saturated carbocycles. The average molecular weight is 716 g/mol. The molecule has 1 amide bonds. The van der Waals surface area contributed by atoms with Crippen LogP contribution in [0.1, 0.15) is 79.8 Å². The zero-order valence-corrected chi connectivity index (χ0v) is 31.3. The number of nitrogens with one attached hydrogen (secondary N) is 1. The van der Waals surface area contributed by atoms with Crippen LogP contribution in [0.3, 0.4) is 0 Å². The van der Waals surface area contributed by atoms with Gasteiger partial charge in [-0.3, -0.25) is 13.9 Å². The van der Waals surface area contributed by atoms with Gasteiger partial charge in [-0.1, -0.05) is 69.7 Å². The second-order valence-electron chi connectivity index (χ2n) is 14.8. The molecule has 4 heterocycles. The third-order valence-electron chi connectivity index (χ3n) is 9.25. The zero-order valence-electron chi connectivity index (χ0n) is 30.5. The molecule has 13 heteroatoms. The standard InChI is InChI=1S/C38H49N7O5S/c1-24(2)31-13-8-10-25(3)33(31)34-26(4)35-42-37(41-34)43-51(47,48)30-12-9-11-27(18-30)36(46)45(28(23-50-35)19-38(5,6)7)22-32-39-20-29(21-40-32)44-14-16-49-17-15-44/h8-13,18,20-21,24,28,47-48H,14-17,19,22-23H2,1-7H3,(H,41,42,43)/t28-/m1/s1. The summed E-state index contributed by atoms with van der Waals surface area (Å²) in [5.41, 5.74) is 5.43. The van der Waals surface area contributed by atoms with Gasteiger partial charge in [0.15, 0.2) is 0 Å². The first-order valence-corrected chi connectivity index (χ1v) is 19.0. The average Bonchev–Trinajstić information content (AvgIpc) is 3.09. The Kier molecular flexibility index (Phi) is 10.5. The molecule has 2 aromatic carbocycles. The summed E-state index contributed by atoms with van der Waals surface area (Å²) >= 11 is 0. The van der Waals surface area contributed by atoms with Crippen LogP contribution in [0.4, 0.5) is 11.6 Å². The molecule has 272 valence electrons. The molecule has 0 aliphatic carbocycles. The fourth-order valence-corrected chi connectivity index (χ4v) is 7.68. The predicted molar refractivity (Wildman–Crippen MR) is 201 cm³/mol. The van der Waals surface area contributed by atoms with Crippen LogP contribution in [0.15, 0.2) is 59.8 Å². The molecule has 6 rings (SSSR count). The molecule has 1 atom stereocenters. The van der Waals surface area contributed by atoms with Gasteiger partial charge in [0.2, 0.25) is 11.8 Å². The number of hydrogen-bond donors (Lipinski definition) is 3. The van der Waals surface area contributed by atoms with Crippen molar-refractivity contribution >= 4 is 28.3 Å². The van der Waals surface area contributed by atoms with E-state index in [-0.39, 0.29) is 41.2 Å². The first-order valence-electron chi connectivity index (χ1n) is 17.4. The number of nitrogens with zero attached hydrogens (tertiary/aromatic N) is 6. The minimum absolute atomic E-state index is 0.0116. The van der Waals surface area contributed by atoms with E-state index in [1.54, 1.807) is 35.5 Å². The Balaban J connectivity index is 1.47. The fourth-order valence-electron chi connectivity index (χ4n) is 6.65. The second-order valence-corrected chi connectivity index (χ2v) is 16.6. The van der Waals surface area contributed by atoms with E-state index in [9.17, 15) is 13.9 Å². The molecule has 1 fully saturated rings. The monoisotopic (exact) mass is 715 g/mol. The highest BCUT2D eigenvalue weighted by molar-refractivity contribution is 8.25. The summed E-state index contributed by atoms with van der Waals surface area (Å²) in [6.07, 6.45) is 4.18. The number of rotatable bonds is 6. The van der Waals surface area contributed by atoms with Crippen molar-refractivity contribution in [3.63, 3.8) is 0 Å². The first-order chi connectivity index (χ1) is 24.2. The maximum absolute atomic E-state index is 14.6. The highest BCUT2D eigenvalue weighted by Gasteiger charge is 2.33. The molecule has 2 aliphatic heterocycles. The number of carbonyl (C=O) groups excluding carboxylic acids is 1. The van der Waals surface area contributed by atoms with Crippen molar-refractivity contribution in [1.29, 1.82) is 0 Å². The normalized spacial score (nSPS) is 18.6. The topological polar surface area (TPSA) is 146 Å². The minimum atomic E-state index is -3.70. The lowest BCUT2D eigenvalue weighted by molar-refractivity contribution is 0.0504. The van der Waals surface area contributed by atoms with E-state index in [0.29, 0.717) is 48.2 Å². The maximum Gasteiger partial charge on any atom is 0.254 e. The van der Waals surface area contributed by atoms with Gasteiger partial charge in [0.25, 0.3) is 5.91 Å². The number of ether oxygens (including phenoxy) is 2. The number of hydrogen-bond acceptors (Lipinski definition) is 11. The Labute approximate surface area is 302 Å². The summed E-state index contributed by atoms with van der Waals surface area (Å²) in [4.78, 5) is 37.5. The summed E-state index contributed by atoms with van der Waals surface area (Å²) in [7, 11) is -3.70. The van der Waals surface area contributed by atoms with Crippen LogP contribution in [0.5, 0.6) is 5.88 Å². The van der Waals surface area contributed by atoms with Crippen molar-refractivity contribution < 1.29 is 23.4 Å². The van der Waals surface area contributed by atoms with Crippen LogP contribution in [0.2, 0.25) is 0 Å². The van der Waals surface area contributed by atoms with Gasteiger partial charge in [-0.15, -0.1) is 0 Å². The first kappa shape index (κ1) is 36.5. The number of amides is 1. The molecule has 3 N–H and O–H groups in total. The van der Waals surface area contributed by atoms with Crippen molar-refractivity contribution in [2.75, 3.05) is 42.5 Å². The molecule has 0 unspecified atom stereocenters.